The highest BCUT2D eigenvalue weighted by atomic mass is 32.2. The Bertz CT molecular complexity index is 793. The van der Waals surface area contributed by atoms with Crippen molar-refractivity contribution in [1.82, 2.24) is 18.4 Å². The topological polar surface area (TPSA) is 92.3 Å². The van der Waals surface area contributed by atoms with Crippen LogP contribution in [0.2, 0.25) is 0 Å². The van der Waals surface area contributed by atoms with Gasteiger partial charge in [0.2, 0.25) is 15.9 Å². The summed E-state index contributed by atoms with van der Waals surface area (Å²) in [5.41, 5.74) is 0.440. The number of sulfonamides is 1. The van der Waals surface area contributed by atoms with E-state index in [1.54, 1.807) is 12.1 Å². The van der Waals surface area contributed by atoms with Crippen LogP contribution < -0.4 is 5.32 Å². The molecule has 0 fully saturated rings. The Balaban J connectivity index is 2.27. The van der Waals surface area contributed by atoms with E-state index >= 15 is 0 Å². The van der Waals surface area contributed by atoms with Gasteiger partial charge in [-0.05, 0) is 32.9 Å². The largest absolute Gasteiger partial charge is 0.350 e. The first-order valence-corrected chi connectivity index (χ1v) is 8.77. The first kappa shape index (κ1) is 16.8. The molecule has 2 aromatic rings. The third-order valence-corrected chi connectivity index (χ3v) is 5.20. The molecule has 0 spiro atoms. The van der Waals surface area contributed by atoms with Crippen molar-refractivity contribution in [3.63, 3.8) is 0 Å². The fourth-order valence-electron chi connectivity index (χ4n) is 1.90. The number of nitrogens with one attached hydrogen (secondary N) is 1. The highest BCUT2D eigenvalue weighted by molar-refractivity contribution is 7.89. The number of amides is 1. The van der Waals surface area contributed by atoms with Gasteiger partial charge in [0.05, 0.1) is 18.3 Å². The number of hydrogen-bond donors (Lipinski definition) is 1. The number of carbonyl (C=O) groups is 1. The van der Waals surface area contributed by atoms with Gasteiger partial charge in [0.25, 0.3) is 0 Å². The quantitative estimate of drug-likeness (QED) is 0.902. The Morgan fingerprint density at radius 3 is 2.64 bits per heavy atom. The number of carbonyl (C=O) groups excluding carboxylic acids is 1. The van der Waals surface area contributed by atoms with Crippen LogP contribution in [0.25, 0.3) is 11.0 Å². The number of hydrogen-bond acceptors (Lipinski definition) is 6. The third kappa shape index (κ3) is 3.60. The standard InChI is InChI=1S/C13H18N4O3S2/c1-13(2,3)14-11(18)8-17(4)22(19,20)10-7-5-6-9-12(10)16-21-15-9/h5-7H,8H2,1-4H3,(H,14,18). The van der Waals surface area contributed by atoms with E-state index in [1.807, 2.05) is 20.8 Å². The Hall–Kier alpha value is -1.58. The van der Waals surface area contributed by atoms with Gasteiger partial charge in [-0.1, -0.05) is 6.07 Å². The predicted molar refractivity (Wildman–Crippen MR) is 85.1 cm³/mol. The molecule has 120 valence electrons. The van der Waals surface area contributed by atoms with Crippen LogP contribution in [0.4, 0.5) is 0 Å². The number of fused-ring (bicyclic) bond motifs is 1. The lowest BCUT2D eigenvalue weighted by atomic mass is 10.1. The lowest BCUT2D eigenvalue weighted by Crippen LogP contribution is -2.46. The van der Waals surface area contributed by atoms with Gasteiger partial charge >= 0.3 is 0 Å². The van der Waals surface area contributed by atoms with Crippen LogP contribution in [0.3, 0.4) is 0 Å². The summed E-state index contributed by atoms with van der Waals surface area (Å²) < 4.78 is 34.3. The van der Waals surface area contributed by atoms with Gasteiger partial charge < -0.3 is 5.32 Å². The second kappa shape index (κ2) is 5.90. The summed E-state index contributed by atoms with van der Waals surface area (Å²) >= 11 is 0.954. The van der Waals surface area contributed by atoms with Crippen molar-refractivity contribution in [1.29, 1.82) is 0 Å². The van der Waals surface area contributed by atoms with Gasteiger partial charge in [-0.15, -0.1) is 0 Å². The van der Waals surface area contributed by atoms with Gasteiger partial charge in [0, 0.05) is 12.6 Å². The normalized spacial score (nSPS) is 12.8. The summed E-state index contributed by atoms with van der Waals surface area (Å²) in [5.74, 6) is -0.359. The molecule has 0 saturated carbocycles. The summed E-state index contributed by atoms with van der Waals surface area (Å²) in [6.07, 6.45) is 0. The fourth-order valence-corrected chi connectivity index (χ4v) is 3.78. The van der Waals surface area contributed by atoms with E-state index in [0.717, 1.165) is 16.0 Å². The van der Waals surface area contributed by atoms with Crippen molar-refractivity contribution in [2.75, 3.05) is 13.6 Å². The third-order valence-electron chi connectivity index (χ3n) is 2.82. The summed E-state index contributed by atoms with van der Waals surface area (Å²) in [7, 11) is -2.44. The van der Waals surface area contributed by atoms with E-state index in [2.05, 4.69) is 14.1 Å². The Morgan fingerprint density at radius 1 is 1.32 bits per heavy atom. The maximum Gasteiger partial charge on any atom is 0.245 e. The fraction of sp³-hybridized carbons (Fsp3) is 0.462. The molecule has 0 atom stereocenters. The summed E-state index contributed by atoms with van der Waals surface area (Å²) in [4.78, 5) is 12.0. The second-order valence-corrected chi connectivity index (χ2v) is 8.49. The molecule has 1 N–H and O–H groups in total. The number of aromatic nitrogens is 2. The van der Waals surface area contributed by atoms with E-state index in [0.29, 0.717) is 11.0 Å². The van der Waals surface area contributed by atoms with Crippen molar-refractivity contribution < 1.29 is 13.2 Å². The monoisotopic (exact) mass is 342 g/mol. The molecule has 0 bridgehead atoms. The summed E-state index contributed by atoms with van der Waals surface area (Å²) in [6, 6.07) is 4.78. The molecule has 1 amide bonds. The predicted octanol–water partition coefficient (Wildman–Crippen LogP) is 1.23. The van der Waals surface area contributed by atoms with Crippen LogP contribution in [0.5, 0.6) is 0 Å². The van der Waals surface area contributed by atoms with Crippen LogP contribution >= 0.6 is 11.7 Å². The molecule has 0 aliphatic heterocycles. The lowest BCUT2D eigenvalue weighted by Gasteiger charge is -2.23. The molecular weight excluding hydrogens is 324 g/mol. The molecular formula is C13H18N4O3S2. The van der Waals surface area contributed by atoms with Gasteiger partial charge in [-0.3, -0.25) is 4.79 Å². The van der Waals surface area contributed by atoms with Gasteiger partial charge in [0.15, 0.2) is 0 Å². The number of nitrogens with zero attached hydrogens (tertiary/aromatic N) is 3. The summed E-state index contributed by atoms with van der Waals surface area (Å²) in [5, 5.41) is 2.73. The zero-order valence-corrected chi connectivity index (χ0v) is 14.5. The van der Waals surface area contributed by atoms with Crippen LogP contribution in [0, 0.1) is 0 Å². The second-order valence-electron chi connectivity index (χ2n) is 5.95. The minimum Gasteiger partial charge on any atom is -0.350 e. The van der Waals surface area contributed by atoms with E-state index in [1.165, 1.54) is 13.1 Å². The van der Waals surface area contributed by atoms with Crippen molar-refractivity contribution in [2.24, 2.45) is 0 Å². The van der Waals surface area contributed by atoms with Gasteiger partial charge in [-0.2, -0.15) is 13.1 Å². The van der Waals surface area contributed by atoms with Crippen molar-refractivity contribution in [3.05, 3.63) is 18.2 Å². The first-order valence-electron chi connectivity index (χ1n) is 6.60. The van der Waals surface area contributed by atoms with Crippen LogP contribution in [0.1, 0.15) is 20.8 Å². The maximum atomic E-state index is 12.6. The van der Waals surface area contributed by atoms with Crippen molar-refractivity contribution >= 4 is 38.7 Å². The minimum atomic E-state index is -3.81. The molecule has 2 rings (SSSR count). The highest BCUT2D eigenvalue weighted by Gasteiger charge is 2.27. The van der Waals surface area contributed by atoms with E-state index in [9.17, 15) is 13.2 Å². The highest BCUT2D eigenvalue weighted by Crippen LogP contribution is 2.23. The SMILES string of the molecule is CN(CC(=O)NC(C)(C)C)S(=O)(=O)c1cccc2nsnc12. The molecule has 1 aromatic heterocycles. The minimum absolute atomic E-state index is 0.0600. The Labute approximate surface area is 133 Å². The lowest BCUT2D eigenvalue weighted by molar-refractivity contribution is -0.122. The summed E-state index contributed by atoms with van der Waals surface area (Å²) in [6.45, 7) is 5.25. The average molecular weight is 342 g/mol. The van der Waals surface area contributed by atoms with Crippen molar-refractivity contribution in [3.8, 4) is 0 Å². The molecule has 0 aliphatic rings. The van der Waals surface area contributed by atoms with Gasteiger partial charge in [-0.25, -0.2) is 8.42 Å². The Morgan fingerprint density at radius 2 is 2.00 bits per heavy atom. The van der Waals surface area contributed by atoms with E-state index in [4.69, 9.17) is 0 Å². The molecule has 0 radical (unpaired) electrons. The molecule has 0 unspecified atom stereocenters. The van der Waals surface area contributed by atoms with Crippen LogP contribution in [-0.2, 0) is 14.8 Å². The first-order chi connectivity index (χ1) is 10.1. The Kier molecular flexibility index (Phi) is 4.50. The molecule has 22 heavy (non-hydrogen) atoms. The number of rotatable bonds is 4. The van der Waals surface area contributed by atoms with Crippen LogP contribution in [0.15, 0.2) is 23.1 Å². The molecule has 0 saturated heterocycles. The molecule has 1 aromatic carbocycles. The zero-order chi connectivity index (χ0) is 16.5. The molecule has 7 nitrogen and oxygen atoms in total. The van der Waals surface area contributed by atoms with Crippen LogP contribution in [-0.4, -0.2) is 46.5 Å². The van der Waals surface area contributed by atoms with Gasteiger partial charge in [0.1, 0.15) is 15.9 Å². The maximum absolute atomic E-state index is 12.6. The zero-order valence-electron chi connectivity index (χ0n) is 12.8. The van der Waals surface area contributed by atoms with E-state index in [-0.39, 0.29) is 17.3 Å². The van der Waals surface area contributed by atoms with Crippen molar-refractivity contribution in [2.45, 2.75) is 31.2 Å². The average Bonchev–Trinajstić information content (AvgIpc) is 2.83. The van der Waals surface area contributed by atoms with E-state index < -0.39 is 15.6 Å². The number of benzene rings is 1. The smallest absolute Gasteiger partial charge is 0.245 e. The number of likely N-dealkylation sites (N-methyl/N-ethyl adjacent to an activating group) is 1. The molecule has 1 heterocycles. The molecule has 0 aliphatic carbocycles. The molecule has 9 heteroatoms.